The maximum absolute atomic E-state index is 11.2. The van der Waals surface area contributed by atoms with Gasteiger partial charge in [-0.3, -0.25) is 0 Å². The summed E-state index contributed by atoms with van der Waals surface area (Å²) in [5.41, 5.74) is 0.212. The van der Waals surface area contributed by atoms with Gasteiger partial charge >= 0.3 is 5.97 Å². The van der Waals surface area contributed by atoms with Crippen LogP contribution in [0.25, 0.3) is 0 Å². The number of rotatable bonds is 5. The first kappa shape index (κ1) is 12.7. The molecule has 5 nitrogen and oxygen atoms in total. The minimum absolute atomic E-state index is 0.181. The summed E-state index contributed by atoms with van der Waals surface area (Å²) in [6.07, 6.45) is 5.85. The van der Waals surface area contributed by atoms with Crippen LogP contribution in [-0.2, 0) is 14.3 Å². The maximum Gasteiger partial charge on any atom is 0.340 e. The smallest absolute Gasteiger partial charge is 0.340 e. The van der Waals surface area contributed by atoms with Crippen molar-refractivity contribution in [1.29, 1.82) is 5.41 Å². The first-order chi connectivity index (χ1) is 7.72. The third kappa shape index (κ3) is 3.06. The summed E-state index contributed by atoms with van der Waals surface area (Å²) in [6.45, 7) is 0. The molecule has 0 unspecified atom stereocenters. The minimum atomic E-state index is -0.505. The van der Waals surface area contributed by atoms with E-state index in [4.69, 9.17) is 10.1 Å². The zero-order valence-electron chi connectivity index (χ0n) is 9.66. The summed E-state index contributed by atoms with van der Waals surface area (Å²) in [7, 11) is 2.99. The molecule has 0 radical (unpaired) electrons. The number of hydrogen-bond acceptors (Lipinski definition) is 5. The Hall–Kier alpha value is -1.36. The third-order valence-electron chi connectivity index (χ3n) is 2.78. The number of ether oxygens (including phenoxy) is 2. The predicted molar refractivity (Wildman–Crippen MR) is 60.5 cm³/mol. The second-order valence-electron chi connectivity index (χ2n) is 3.71. The lowest BCUT2D eigenvalue weighted by Crippen LogP contribution is -2.34. The SMILES string of the molecule is COC(=O)/C(C=N)=C/N[C@@H]1CCC[C@@H]1OC. The number of hydrogen-bond donors (Lipinski definition) is 2. The van der Waals surface area contributed by atoms with E-state index in [1.165, 1.54) is 13.3 Å². The van der Waals surface area contributed by atoms with Gasteiger partial charge in [-0.15, -0.1) is 0 Å². The van der Waals surface area contributed by atoms with Crippen LogP contribution >= 0.6 is 0 Å². The van der Waals surface area contributed by atoms with E-state index in [-0.39, 0.29) is 17.7 Å². The van der Waals surface area contributed by atoms with Crippen molar-refractivity contribution in [3.8, 4) is 0 Å². The summed E-state index contributed by atoms with van der Waals surface area (Å²) in [5.74, 6) is -0.505. The first-order valence-corrected chi connectivity index (χ1v) is 5.30. The van der Waals surface area contributed by atoms with Crippen molar-refractivity contribution in [3.63, 3.8) is 0 Å². The number of methoxy groups -OCH3 is 2. The quantitative estimate of drug-likeness (QED) is 0.414. The lowest BCUT2D eigenvalue weighted by molar-refractivity contribution is -0.135. The Labute approximate surface area is 95.3 Å². The highest BCUT2D eigenvalue weighted by Crippen LogP contribution is 2.21. The van der Waals surface area contributed by atoms with Gasteiger partial charge in [-0.1, -0.05) is 0 Å². The van der Waals surface area contributed by atoms with Gasteiger partial charge in [-0.2, -0.15) is 0 Å². The van der Waals surface area contributed by atoms with E-state index >= 15 is 0 Å². The van der Waals surface area contributed by atoms with Gasteiger partial charge in [0.25, 0.3) is 0 Å². The molecule has 1 aliphatic rings. The molecule has 1 rings (SSSR count). The lowest BCUT2D eigenvalue weighted by Gasteiger charge is -2.18. The van der Waals surface area contributed by atoms with Gasteiger partial charge < -0.3 is 20.2 Å². The first-order valence-electron chi connectivity index (χ1n) is 5.30. The Morgan fingerprint density at radius 2 is 2.19 bits per heavy atom. The molecule has 0 aromatic rings. The van der Waals surface area contributed by atoms with Gasteiger partial charge in [-0.05, 0) is 19.3 Å². The van der Waals surface area contributed by atoms with E-state index in [0.29, 0.717) is 0 Å². The Morgan fingerprint density at radius 3 is 2.75 bits per heavy atom. The van der Waals surface area contributed by atoms with Crippen LogP contribution in [0.3, 0.4) is 0 Å². The van der Waals surface area contributed by atoms with Crippen molar-refractivity contribution in [2.45, 2.75) is 31.4 Å². The van der Waals surface area contributed by atoms with Crippen molar-refractivity contribution in [3.05, 3.63) is 11.8 Å². The van der Waals surface area contributed by atoms with E-state index in [1.807, 2.05) is 0 Å². The van der Waals surface area contributed by atoms with E-state index in [1.54, 1.807) is 7.11 Å². The summed E-state index contributed by atoms with van der Waals surface area (Å²) in [5, 5.41) is 10.2. The molecular weight excluding hydrogens is 208 g/mol. The lowest BCUT2D eigenvalue weighted by atomic mass is 10.2. The van der Waals surface area contributed by atoms with Crippen LogP contribution in [0.5, 0.6) is 0 Å². The van der Waals surface area contributed by atoms with E-state index in [9.17, 15) is 4.79 Å². The van der Waals surface area contributed by atoms with E-state index in [0.717, 1.165) is 25.5 Å². The number of carbonyl (C=O) groups excluding carboxylic acids is 1. The molecule has 0 heterocycles. The topological polar surface area (TPSA) is 71.4 Å². The molecule has 0 amide bonds. The molecular formula is C11H18N2O3. The summed E-state index contributed by atoms with van der Waals surface area (Å²) in [4.78, 5) is 11.2. The molecule has 0 spiro atoms. The van der Waals surface area contributed by atoms with Crippen LogP contribution in [0.1, 0.15) is 19.3 Å². The highest BCUT2D eigenvalue weighted by Gasteiger charge is 2.26. The molecule has 0 aliphatic heterocycles. The van der Waals surface area contributed by atoms with Crippen LogP contribution in [0.4, 0.5) is 0 Å². The Bertz CT molecular complexity index is 289. The van der Waals surface area contributed by atoms with Gasteiger partial charge in [0.05, 0.1) is 24.8 Å². The van der Waals surface area contributed by atoms with Gasteiger partial charge in [0, 0.05) is 19.5 Å². The molecule has 1 fully saturated rings. The summed E-state index contributed by atoms with van der Waals surface area (Å²) >= 11 is 0. The molecule has 16 heavy (non-hydrogen) atoms. The predicted octanol–water partition coefficient (Wildman–Crippen LogP) is 0.850. The maximum atomic E-state index is 11.2. The fraction of sp³-hybridized carbons (Fsp3) is 0.636. The average Bonchev–Trinajstić information content (AvgIpc) is 2.76. The van der Waals surface area contributed by atoms with E-state index < -0.39 is 5.97 Å². The monoisotopic (exact) mass is 226 g/mol. The highest BCUT2D eigenvalue weighted by atomic mass is 16.5. The van der Waals surface area contributed by atoms with Crippen molar-refractivity contribution in [2.75, 3.05) is 14.2 Å². The molecule has 2 atom stereocenters. The molecule has 1 saturated carbocycles. The molecule has 0 aromatic carbocycles. The Kier molecular flexibility index (Phi) is 4.98. The van der Waals surface area contributed by atoms with Gasteiger partial charge in [-0.25, -0.2) is 4.79 Å². The Morgan fingerprint density at radius 1 is 1.44 bits per heavy atom. The van der Waals surface area contributed by atoms with Crippen LogP contribution in [-0.4, -0.2) is 38.5 Å². The van der Waals surface area contributed by atoms with Crippen molar-refractivity contribution in [2.24, 2.45) is 0 Å². The zero-order valence-corrected chi connectivity index (χ0v) is 9.66. The fourth-order valence-corrected chi connectivity index (χ4v) is 1.87. The molecule has 5 heteroatoms. The van der Waals surface area contributed by atoms with Gasteiger partial charge in [0.15, 0.2) is 0 Å². The Balaban J connectivity index is 2.56. The van der Waals surface area contributed by atoms with Crippen LogP contribution < -0.4 is 5.32 Å². The minimum Gasteiger partial charge on any atom is -0.465 e. The number of esters is 1. The second kappa shape index (κ2) is 6.27. The van der Waals surface area contributed by atoms with Gasteiger partial charge in [0.2, 0.25) is 0 Å². The molecule has 90 valence electrons. The third-order valence-corrected chi connectivity index (χ3v) is 2.78. The van der Waals surface area contributed by atoms with Crippen molar-refractivity contribution < 1.29 is 14.3 Å². The molecule has 0 saturated heterocycles. The highest BCUT2D eigenvalue weighted by molar-refractivity contribution is 6.08. The molecule has 0 aromatic heterocycles. The van der Waals surface area contributed by atoms with Crippen LogP contribution in [0, 0.1) is 5.41 Å². The molecule has 2 N–H and O–H groups in total. The molecule has 0 bridgehead atoms. The fourth-order valence-electron chi connectivity index (χ4n) is 1.87. The second-order valence-corrected chi connectivity index (χ2v) is 3.71. The zero-order chi connectivity index (χ0) is 12.0. The van der Waals surface area contributed by atoms with Crippen molar-refractivity contribution in [1.82, 2.24) is 5.32 Å². The normalized spacial score (nSPS) is 25.2. The number of nitrogens with one attached hydrogen (secondary N) is 2. The largest absolute Gasteiger partial charge is 0.465 e. The standard InChI is InChI=1S/C11H18N2O3/c1-15-10-5-3-4-9(10)13-7-8(6-12)11(14)16-2/h6-7,9-10,12-13H,3-5H2,1-2H3/b8-7+,12-6?/t9-,10+/m1/s1. The summed E-state index contributed by atoms with van der Waals surface area (Å²) < 4.78 is 9.85. The molecule has 1 aliphatic carbocycles. The van der Waals surface area contributed by atoms with Crippen molar-refractivity contribution >= 4 is 12.2 Å². The number of carbonyl (C=O) groups is 1. The van der Waals surface area contributed by atoms with Gasteiger partial charge in [0.1, 0.15) is 0 Å². The van der Waals surface area contributed by atoms with Crippen LogP contribution in [0.2, 0.25) is 0 Å². The average molecular weight is 226 g/mol. The van der Waals surface area contributed by atoms with Crippen LogP contribution in [0.15, 0.2) is 11.8 Å². The van der Waals surface area contributed by atoms with E-state index in [2.05, 4.69) is 10.1 Å². The summed E-state index contributed by atoms with van der Waals surface area (Å²) in [6, 6.07) is 0.213.